The zero-order chi connectivity index (χ0) is 19.6. The molecule has 2 heterocycles. The van der Waals surface area contributed by atoms with Crippen LogP contribution < -0.4 is 5.32 Å². The van der Waals surface area contributed by atoms with E-state index in [1.165, 1.54) is 0 Å². The van der Waals surface area contributed by atoms with Crippen molar-refractivity contribution >= 4 is 11.6 Å². The summed E-state index contributed by atoms with van der Waals surface area (Å²) in [6, 6.07) is 3.99. The Hall–Kier alpha value is -2.23. The molecule has 0 amide bonds. The van der Waals surface area contributed by atoms with Gasteiger partial charge >= 0.3 is 0 Å². The van der Waals surface area contributed by atoms with Crippen molar-refractivity contribution in [2.75, 3.05) is 0 Å². The molecule has 0 unspecified atom stereocenters. The highest BCUT2D eigenvalue weighted by atomic mass is 16.1. The summed E-state index contributed by atoms with van der Waals surface area (Å²) in [5.74, 6) is -0.0420. The monoisotopic (exact) mass is 364 g/mol. The van der Waals surface area contributed by atoms with E-state index in [1.54, 1.807) is 0 Å². The van der Waals surface area contributed by atoms with Gasteiger partial charge in [-0.25, -0.2) is 0 Å². The molecule has 4 heteroatoms. The largest absolute Gasteiger partial charge is 0.362 e. The Morgan fingerprint density at radius 3 is 1.85 bits per heavy atom. The Labute approximate surface area is 161 Å². The number of aromatic nitrogens is 1. The number of hydrogen-bond donors (Lipinski definition) is 1. The van der Waals surface area contributed by atoms with E-state index in [4.69, 9.17) is 0 Å². The molecule has 0 bridgehead atoms. The third-order valence-electron chi connectivity index (χ3n) is 5.95. The van der Waals surface area contributed by atoms with Gasteiger partial charge in [-0.05, 0) is 42.2 Å². The van der Waals surface area contributed by atoms with Crippen molar-refractivity contribution < 1.29 is 9.59 Å². The van der Waals surface area contributed by atoms with Gasteiger partial charge in [-0.2, -0.15) is 0 Å². The molecule has 142 valence electrons. The number of allylic oxidation sites excluding steroid dienone is 4. The van der Waals surface area contributed by atoms with Crippen LogP contribution in [0, 0.1) is 17.8 Å². The van der Waals surface area contributed by atoms with Gasteiger partial charge in [-0.15, -0.1) is 0 Å². The van der Waals surface area contributed by atoms with Gasteiger partial charge in [0.2, 0.25) is 0 Å². The molecule has 3 aliphatic rings. The minimum atomic E-state index is -0.330. The number of carbonyl (C=O) groups excluding carboxylic acids is 2. The second kappa shape index (κ2) is 5.88. The van der Waals surface area contributed by atoms with Gasteiger partial charge in [-0.1, -0.05) is 33.8 Å². The first-order valence-electron chi connectivity index (χ1n) is 9.78. The van der Waals surface area contributed by atoms with Crippen molar-refractivity contribution in [2.24, 2.45) is 10.8 Å². The number of Topliss-reactive ketones (excluding diaryl/α,β-unsaturated/α-hetero) is 2. The number of nitrogens with zero attached hydrogens (tertiary/aromatic N) is 1. The van der Waals surface area contributed by atoms with Gasteiger partial charge in [0.15, 0.2) is 11.6 Å². The summed E-state index contributed by atoms with van der Waals surface area (Å²) < 4.78 is 0. The Bertz CT molecular complexity index is 849. The molecule has 4 nitrogen and oxygen atoms in total. The molecule has 0 radical (unpaired) electrons. The maximum absolute atomic E-state index is 13.1. The fourth-order valence-corrected chi connectivity index (χ4v) is 4.83. The number of carbonyl (C=O) groups is 2. The summed E-state index contributed by atoms with van der Waals surface area (Å²) in [6.45, 7) is 10.5. The van der Waals surface area contributed by atoms with E-state index in [0.29, 0.717) is 12.8 Å². The van der Waals surface area contributed by atoms with Crippen molar-refractivity contribution in [1.29, 1.82) is 0 Å². The van der Waals surface area contributed by atoms with Crippen LogP contribution in [-0.4, -0.2) is 16.6 Å². The van der Waals surface area contributed by atoms with Crippen LogP contribution in [0.2, 0.25) is 0 Å². The molecule has 1 aromatic rings. The van der Waals surface area contributed by atoms with Gasteiger partial charge in [0, 0.05) is 41.6 Å². The van der Waals surface area contributed by atoms with Crippen molar-refractivity contribution in [2.45, 2.75) is 66.2 Å². The van der Waals surface area contributed by atoms with E-state index in [0.717, 1.165) is 46.6 Å². The van der Waals surface area contributed by atoms with E-state index in [9.17, 15) is 9.59 Å². The third kappa shape index (κ3) is 3.15. The average molecular weight is 364 g/mol. The quantitative estimate of drug-likeness (QED) is 0.804. The molecule has 1 aliphatic heterocycles. The Balaban J connectivity index is 1.90. The SMILES string of the molecule is Cc1ccc(C2C3=C(CC(C)(C)CC3=O)NC3=C2C(=O)CC(C)(C)C3)nc1. The van der Waals surface area contributed by atoms with Gasteiger partial charge in [0.05, 0.1) is 11.6 Å². The minimum absolute atomic E-state index is 0.0690. The van der Waals surface area contributed by atoms with Crippen LogP contribution in [0.5, 0.6) is 0 Å². The highest BCUT2D eigenvalue weighted by Crippen LogP contribution is 2.50. The van der Waals surface area contributed by atoms with E-state index >= 15 is 0 Å². The second-order valence-electron chi connectivity index (χ2n) is 9.98. The fourth-order valence-electron chi connectivity index (χ4n) is 4.83. The highest BCUT2D eigenvalue weighted by molar-refractivity contribution is 6.06. The van der Waals surface area contributed by atoms with Gasteiger partial charge in [0.25, 0.3) is 0 Å². The van der Waals surface area contributed by atoms with Crippen LogP contribution in [0.3, 0.4) is 0 Å². The smallest absolute Gasteiger partial charge is 0.162 e. The summed E-state index contributed by atoms with van der Waals surface area (Å²) in [5, 5.41) is 3.53. The Morgan fingerprint density at radius 1 is 0.889 bits per heavy atom. The first-order valence-corrected chi connectivity index (χ1v) is 9.78. The van der Waals surface area contributed by atoms with Gasteiger partial charge < -0.3 is 5.32 Å². The predicted molar refractivity (Wildman–Crippen MR) is 105 cm³/mol. The van der Waals surface area contributed by atoms with Crippen molar-refractivity contribution in [3.05, 3.63) is 52.1 Å². The van der Waals surface area contributed by atoms with Gasteiger partial charge in [0.1, 0.15) is 0 Å². The summed E-state index contributed by atoms with van der Waals surface area (Å²) in [4.78, 5) is 30.9. The predicted octanol–water partition coefficient (Wildman–Crippen LogP) is 4.36. The highest BCUT2D eigenvalue weighted by Gasteiger charge is 2.46. The topological polar surface area (TPSA) is 59.1 Å². The summed E-state index contributed by atoms with van der Waals surface area (Å²) in [6.07, 6.45) is 4.49. The zero-order valence-corrected chi connectivity index (χ0v) is 16.9. The molecule has 0 fully saturated rings. The number of rotatable bonds is 1. The van der Waals surface area contributed by atoms with E-state index < -0.39 is 0 Å². The van der Waals surface area contributed by atoms with Crippen LogP contribution in [0.25, 0.3) is 0 Å². The molecular weight excluding hydrogens is 336 g/mol. The fraction of sp³-hybridized carbons (Fsp3) is 0.522. The first kappa shape index (κ1) is 18.1. The molecule has 0 spiro atoms. The van der Waals surface area contributed by atoms with Crippen molar-refractivity contribution in [1.82, 2.24) is 10.3 Å². The lowest BCUT2D eigenvalue weighted by Gasteiger charge is -2.43. The minimum Gasteiger partial charge on any atom is -0.362 e. The summed E-state index contributed by atoms with van der Waals surface area (Å²) >= 11 is 0. The molecule has 0 saturated carbocycles. The Kier molecular flexibility index (Phi) is 3.95. The molecule has 0 saturated heterocycles. The molecule has 27 heavy (non-hydrogen) atoms. The summed E-state index contributed by atoms with van der Waals surface area (Å²) in [5.41, 5.74) is 5.25. The molecular formula is C23H28N2O2. The van der Waals surface area contributed by atoms with Crippen LogP contribution in [0.15, 0.2) is 40.9 Å². The van der Waals surface area contributed by atoms with E-state index in [2.05, 4.69) is 38.0 Å². The summed E-state index contributed by atoms with van der Waals surface area (Å²) in [7, 11) is 0. The molecule has 4 rings (SSSR count). The third-order valence-corrected chi connectivity index (χ3v) is 5.95. The molecule has 1 aromatic heterocycles. The second-order valence-corrected chi connectivity index (χ2v) is 9.98. The number of nitrogens with one attached hydrogen (secondary N) is 1. The number of aryl methyl sites for hydroxylation is 1. The number of ketones is 2. The van der Waals surface area contributed by atoms with Gasteiger partial charge in [-0.3, -0.25) is 14.6 Å². The number of dihydropyridines is 1. The lowest BCUT2D eigenvalue weighted by atomic mass is 9.65. The van der Waals surface area contributed by atoms with Crippen LogP contribution >= 0.6 is 0 Å². The molecule has 0 atom stereocenters. The maximum Gasteiger partial charge on any atom is 0.162 e. The lowest BCUT2D eigenvalue weighted by Crippen LogP contribution is -2.42. The lowest BCUT2D eigenvalue weighted by molar-refractivity contribution is -0.119. The average Bonchev–Trinajstić information content (AvgIpc) is 2.51. The number of hydrogen-bond acceptors (Lipinski definition) is 4. The van der Waals surface area contributed by atoms with Crippen LogP contribution in [0.1, 0.15) is 70.6 Å². The first-order chi connectivity index (χ1) is 12.6. The van der Waals surface area contributed by atoms with Crippen molar-refractivity contribution in [3.8, 4) is 0 Å². The molecule has 2 aliphatic carbocycles. The normalized spacial score (nSPS) is 24.5. The molecule has 0 aromatic carbocycles. The standard InChI is InChI=1S/C23H28N2O2/c1-13-6-7-14(24-12-13)21-19-15(8-22(2,3)10-17(19)26)25-16-9-23(4,5)11-18(27)20(16)21/h6-7,12,21,25H,8-11H2,1-5H3. The van der Waals surface area contributed by atoms with E-state index in [-0.39, 0.29) is 28.3 Å². The maximum atomic E-state index is 13.1. The van der Waals surface area contributed by atoms with E-state index in [1.807, 2.05) is 25.3 Å². The van der Waals surface area contributed by atoms with Crippen LogP contribution in [0.4, 0.5) is 0 Å². The van der Waals surface area contributed by atoms with Crippen LogP contribution in [-0.2, 0) is 9.59 Å². The Morgan fingerprint density at radius 2 is 1.41 bits per heavy atom. The zero-order valence-electron chi connectivity index (χ0n) is 16.9. The molecule has 1 N–H and O–H groups in total. The number of pyridine rings is 1. The van der Waals surface area contributed by atoms with Crippen molar-refractivity contribution in [3.63, 3.8) is 0 Å².